The summed E-state index contributed by atoms with van der Waals surface area (Å²) < 4.78 is 31.0. The van der Waals surface area contributed by atoms with Gasteiger partial charge in [-0.25, -0.2) is 0 Å². The van der Waals surface area contributed by atoms with Gasteiger partial charge in [0.05, 0.1) is 4.90 Å². The molecular weight excluding hydrogens is 330 g/mol. The molecule has 3 N–H and O–H groups in total. The first-order chi connectivity index (χ1) is 10.4. The number of nitriles is 1. The van der Waals surface area contributed by atoms with E-state index in [4.69, 9.17) is 21.4 Å². The van der Waals surface area contributed by atoms with E-state index in [-0.39, 0.29) is 10.5 Å². The molecule has 1 aromatic carbocycles. The summed E-state index contributed by atoms with van der Waals surface area (Å²) in [6.07, 6.45) is 1.73. The molecule has 0 saturated carbocycles. The Balaban J connectivity index is 2.81. The van der Waals surface area contributed by atoms with Crippen molar-refractivity contribution in [3.63, 3.8) is 0 Å². The highest BCUT2D eigenvalue weighted by atomic mass is 35.5. The molecule has 0 spiro atoms. The van der Waals surface area contributed by atoms with Crippen molar-refractivity contribution < 1.29 is 17.8 Å². The number of hydrogen-bond acceptors (Lipinski definition) is 5. The molecule has 0 bridgehead atoms. The molecule has 7 nitrogen and oxygen atoms in total. The number of alkyl halides is 1. The van der Waals surface area contributed by atoms with Crippen molar-refractivity contribution in [3.8, 4) is 6.07 Å². The Labute approximate surface area is 133 Å². The van der Waals surface area contributed by atoms with Crippen LogP contribution in [-0.4, -0.2) is 31.3 Å². The third kappa shape index (κ3) is 5.73. The number of carbonyl (C=O) groups is 1. The lowest BCUT2D eigenvalue weighted by Gasteiger charge is -2.05. The molecule has 9 heteroatoms. The smallest absolute Gasteiger partial charge is 0.294 e. The van der Waals surface area contributed by atoms with Gasteiger partial charge in [-0.2, -0.15) is 13.7 Å². The van der Waals surface area contributed by atoms with Crippen molar-refractivity contribution >= 4 is 33.3 Å². The highest BCUT2D eigenvalue weighted by molar-refractivity contribution is 7.85. The minimum absolute atomic E-state index is 0.174. The second-order valence-corrected chi connectivity index (χ2v) is 5.91. The molecule has 118 valence electrons. The monoisotopic (exact) mass is 343 g/mol. The van der Waals surface area contributed by atoms with E-state index in [1.807, 2.05) is 0 Å². The average Bonchev–Trinajstić information content (AvgIpc) is 2.47. The van der Waals surface area contributed by atoms with Gasteiger partial charge in [-0.05, 0) is 24.6 Å². The van der Waals surface area contributed by atoms with Crippen LogP contribution in [0.4, 0.5) is 5.69 Å². The summed E-state index contributed by atoms with van der Waals surface area (Å²) in [6, 6.07) is 7.05. The van der Waals surface area contributed by atoms with Gasteiger partial charge in [0.1, 0.15) is 11.6 Å². The third-order valence-electron chi connectivity index (χ3n) is 2.48. The maximum atomic E-state index is 11.7. The van der Waals surface area contributed by atoms with E-state index < -0.39 is 16.0 Å². The Bertz CT molecular complexity index is 710. The van der Waals surface area contributed by atoms with E-state index in [1.165, 1.54) is 24.3 Å². The van der Waals surface area contributed by atoms with Crippen LogP contribution in [0.5, 0.6) is 0 Å². The van der Waals surface area contributed by atoms with Crippen molar-refractivity contribution in [2.75, 3.05) is 17.7 Å². The topological polar surface area (TPSA) is 119 Å². The normalized spacial score (nSPS) is 11.6. The van der Waals surface area contributed by atoms with E-state index in [9.17, 15) is 13.2 Å². The molecule has 1 aromatic rings. The standard InChI is InChI=1S/C13H14ClN3O4S/c14-5-2-6-16-13(18)10(8-15)9-17-11-3-1-4-12(7-11)22(19,20)21/h1,3-4,7,9,17H,2,5-6H2,(H,16,18)(H,19,20,21)/b10-9-. The zero-order chi connectivity index (χ0) is 16.6. The molecule has 0 aliphatic heterocycles. The number of rotatable bonds is 7. The van der Waals surface area contributed by atoms with Gasteiger partial charge in [-0.3, -0.25) is 9.35 Å². The molecule has 0 aliphatic rings. The van der Waals surface area contributed by atoms with Crippen LogP contribution in [0.2, 0.25) is 0 Å². The molecule has 22 heavy (non-hydrogen) atoms. The quantitative estimate of drug-likeness (QED) is 0.227. The number of nitrogens with zero attached hydrogens (tertiary/aromatic N) is 1. The van der Waals surface area contributed by atoms with Crippen molar-refractivity contribution in [3.05, 3.63) is 36.0 Å². The van der Waals surface area contributed by atoms with E-state index >= 15 is 0 Å². The van der Waals surface area contributed by atoms with Gasteiger partial charge >= 0.3 is 0 Å². The molecule has 0 heterocycles. The largest absolute Gasteiger partial charge is 0.360 e. The van der Waals surface area contributed by atoms with Gasteiger partial charge in [-0.1, -0.05) is 6.07 Å². The Morgan fingerprint density at radius 2 is 2.18 bits per heavy atom. The Kier molecular flexibility index (Phi) is 6.85. The summed E-state index contributed by atoms with van der Waals surface area (Å²) in [7, 11) is -4.32. The van der Waals surface area contributed by atoms with Crippen LogP contribution >= 0.6 is 11.6 Å². The SMILES string of the molecule is N#C/C(=C/Nc1cccc(S(=O)(=O)O)c1)C(=O)NCCCCl. The molecular formula is C13H14ClN3O4S. The van der Waals surface area contributed by atoms with E-state index in [0.29, 0.717) is 24.5 Å². The summed E-state index contributed by atoms with van der Waals surface area (Å²) in [5, 5.41) is 14.1. The summed E-state index contributed by atoms with van der Waals surface area (Å²) in [6.45, 7) is 0.347. The number of nitrogens with one attached hydrogen (secondary N) is 2. The number of amides is 1. The van der Waals surface area contributed by atoms with Crippen LogP contribution in [0.25, 0.3) is 0 Å². The number of halogens is 1. The molecule has 1 amide bonds. The fraction of sp³-hybridized carbons (Fsp3) is 0.231. The summed E-state index contributed by atoms with van der Waals surface area (Å²) in [4.78, 5) is 11.4. The summed E-state index contributed by atoms with van der Waals surface area (Å²) in [5.41, 5.74) is 0.128. The van der Waals surface area contributed by atoms with Crippen LogP contribution in [-0.2, 0) is 14.9 Å². The zero-order valence-corrected chi connectivity index (χ0v) is 13.0. The predicted octanol–water partition coefficient (Wildman–Crippen LogP) is 1.50. The second kappa shape index (κ2) is 8.38. The lowest BCUT2D eigenvalue weighted by Crippen LogP contribution is -2.26. The highest BCUT2D eigenvalue weighted by Gasteiger charge is 2.10. The Morgan fingerprint density at radius 1 is 1.45 bits per heavy atom. The molecule has 0 atom stereocenters. The minimum atomic E-state index is -4.32. The molecule has 0 unspecified atom stereocenters. The van der Waals surface area contributed by atoms with Gasteiger partial charge in [0.25, 0.3) is 16.0 Å². The van der Waals surface area contributed by atoms with Gasteiger partial charge in [0.15, 0.2) is 0 Å². The van der Waals surface area contributed by atoms with E-state index in [1.54, 1.807) is 6.07 Å². The molecule has 0 fully saturated rings. The first kappa shape index (κ1) is 18.0. The maximum Gasteiger partial charge on any atom is 0.294 e. The van der Waals surface area contributed by atoms with Gasteiger partial charge in [-0.15, -0.1) is 11.6 Å². The first-order valence-electron chi connectivity index (χ1n) is 6.17. The zero-order valence-electron chi connectivity index (χ0n) is 11.4. The summed E-state index contributed by atoms with van der Waals surface area (Å²) in [5.74, 6) is -0.168. The number of anilines is 1. The highest BCUT2D eigenvalue weighted by Crippen LogP contribution is 2.15. The van der Waals surface area contributed by atoms with Crippen molar-refractivity contribution in [1.29, 1.82) is 5.26 Å². The first-order valence-corrected chi connectivity index (χ1v) is 8.14. The van der Waals surface area contributed by atoms with Crippen LogP contribution in [0.15, 0.2) is 40.9 Å². The molecule has 0 aromatic heterocycles. The number of hydrogen-bond donors (Lipinski definition) is 3. The van der Waals surface area contributed by atoms with Crippen LogP contribution in [0.3, 0.4) is 0 Å². The fourth-order valence-electron chi connectivity index (χ4n) is 1.41. The summed E-state index contributed by atoms with van der Waals surface area (Å²) >= 11 is 5.48. The fourth-order valence-corrected chi connectivity index (χ4v) is 2.07. The lowest BCUT2D eigenvalue weighted by molar-refractivity contribution is -0.117. The van der Waals surface area contributed by atoms with E-state index in [0.717, 1.165) is 6.20 Å². The minimum Gasteiger partial charge on any atom is -0.360 e. The molecule has 1 rings (SSSR count). The number of benzene rings is 1. The maximum absolute atomic E-state index is 11.7. The van der Waals surface area contributed by atoms with E-state index in [2.05, 4.69) is 10.6 Å². The van der Waals surface area contributed by atoms with Crippen molar-refractivity contribution in [2.24, 2.45) is 0 Å². The van der Waals surface area contributed by atoms with Gasteiger partial charge < -0.3 is 10.6 Å². The van der Waals surface area contributed by atoms with Crippen molar-refractivity contribution in [1.82, 2.24) is 5.32 Å². The lowest BCUT2D eigenvalue weighted by atomic mass is 10.2. The molecule has 0 aliphatic carbocycles. The average molecular weight is 344 g/mol. The Hall–Kier alpha value is -2.08. The third-order valence-corrected chi connectivity index (χ3v) is 3.59. The van der Waals surface area contributed by atoms with Crippen molar-refractivity contribution in [2.45, 2.75) is 11.3 Å². The van der Waals surface area contributed by atoms with Crippen LogP contribution in [0, 0.1) is 11.3 Å². The second-order valence-electron chi connectivity index (χ2n) is 4.12. The molecule has 0 saturated heterocycles. The Morgan fingerprint density at radius 3 is 2.77 bits per heavy atom. The molecule has 0 radical (unpaired) electrons. The van der Waals surface area contributed by atoms with Crippen LogP contribution < -0.4 is 10.6 Å². The predicted molar refractivity (Wildman–Crippen MR) is 81.9 cm³/mol. The number of carbonyl (C=O) groups excluding carboxylic acids is 1. The van der Waals surface area contributed by atoms with Crippen LogP contribution in [0.1, 0.15) is 6.42 Å². The van der Waals surface area contributed by atoms with Gasteiger partial charge in [0.2, 0.25) is 0 Å². The van der Waals surface area contributed by atoms with Gasteiger partial charge in [0, 0.05) is 24.3 Å².